The van der Waals surface area contributed by atoms with Gasteiger partial charge in [-0.25, -0.2) is 0 Å². The minimum atomic E-state index is 0.215. The summed E-state index contributed by atoms with van der Waals surface area (Å²) < 4.78 is 6.39. The zero-order valence-electron chi connectivity index (χ0n) is 12.7. The highest BCUT2D eigenvalue weighted by molar-refractivity contribution is 9.10. The van der Waals surface area contributed by atoms with Gasteiger partial charge in [0.1, 0.15) is 5.75 Å². The molecule has 0 aliphatic rings. The first-order valence-corrected chi connectivity index (χ1v) is 9.19. The van der Waals surface area contributed by atoms with Gasteiger partial charge in [0.05, 0.1) is 28.8 Å². The molecule has 6 heteroatoms. The third-order valence-electron chi connectivity index (χ3n) is 3.85. The van der Waals surface area contributed by atoms with Crippen molar-refractivity contribution >= 4 is 49.5 Å². The van der Waals surface area contributed by atoms with Crippen LogP contribution in [0.3, 0.4) is 0 Å². The molecule has 1 aromatic carbocycles. The van der Waals surface area contributed by atoms with Gasteiger partial charge in [-0.15, -0.1) is 0 Å². The van der Waals surface area contributed by atoms with Crippen LogP contribution in [0.4, 0.5) is 0 Å². The number of hydrogen-bond acceptors (Lipinski definition) is 4. The number of rotatable bonds is 5. The smallest absolute Gasteiger partial charge is 0.133 e. The number of thioether (sulfide) groups is 1. The van der Waals surface area contributed by atoms with Gasteiger partial charge in [0.2, 0.25) is 0 Å². The molecule has 116 valence electrons. The molecule has 2 aromatic heterocycles. The van der Waals surface area contributed by atoms with Gasteiger partial charge in [-0.2, -0.15) is 11.8 Å². The second-order valence-electron chi connectivity index (χ2n) is 5.04. The van der Waals surface area contributed by atoms with Crippen molar-refractivity contribution in [2.24, 2.45) is 0 Å². The van der Waals surface area contributed by atoms with E-state index in [4.69, 9.17) is 4.74 Å². The van der Waals surface area contributed by atoms with Crippen molar-refractivity contribution in [2.45, 2.75) is 6.04 Å². The van der Waals surface area contributed by atoms with Crippen molar-refractivity contribution in [3.05, 3.63) is 34.6 Å². The minimum absolute atomic E-state index is 0.215. The van der Waals surface area contributed by atoms with Gasteiger partial charge in [-0.05, 0) is 47.4 Å². The van der Waals surface area contributed by atoms with Crippen molar-refractivity contribution in [2.75, 3.05) is 26.2 Å². The lowest BCUT2D eigenvalue weighted by Gasteiger charge is -2.14. The molecule has 1 atom stereocenters. The Morgan fingerprint density at radius 2 is 2.23 bits per heavy atom. The fourth-order valence-corrected chi connectivity index (χ4v) is 4.14. The van der Waals surface area contributed by atoms with Crippen molar-refractivity contribution in [3.63, 3.8) is 0 Å². The molecule has 0 fully saturated rings. The summed E-state index contributed by atoms with van der Waals surface area (Å²) in [6.45, 7) is 0. The largest absolute Gasteiger partial charge is 0.496 e. The van der Waals surface area contributed by atoms with Gasteiger partial charge >= 0.3 is 0 Å². The third kappa shape index (κ3) is 2.49. The molecule has 0 aliphatic carbocycles. The lowest BCUT2D eigenvalue weighted by atomic mass is 10.1. The Balaban J connectivity index is 2.30. The maximum atomic E-state index is 5.42. The molecule has 0 saturated heterocycles. The lowest BCUT2D eigenvalue weighted by Crippen LogP contribution is -2.20. The Labute approximate surface area is 142 Å². The number of benzene rings is 1. The monoisotopic (exact) mass is 379 g/mol. The molecule has 0 unspecified atom stereocenters. The van der Waals surface area contributed by atoms with E-state index in [0.29, 0.717) is 0 Å². The number of fused-ring (bicyclic) bond motifs is 3. The average Bonchev–Trinajstić information content (AvgIpc) is 2.92. The fraction of sp³-hybridized carbons (Fsp3) is 0.312. The fourth-order valence-electron chi connectivity index (χ4n) is 2.76. The maximum absolute atomic E-state index is 5.42. The predicted molar refractivity (Wildman–Crippen MR) is 98.0 cm³/mol. The Kier molecular flexibility index (Phi) is 4.61. The number of pyridine rings is 1. The maximum Gasteiger partial charge on any atom is 0.133 e. The van der Waals surface area contributed by atoms with Crippen LogP contribution in [0.25, 0.3) is 21.8 Å². The van der Waals surface area contributed by atoms with Crippen LogP contribution in [0.15, 0.2) is 28.9 Å². The third-order valence-corrected chi connectivity index (χ3v) is 5.30. The van der Waals surface area contributed by atoms with E-state index in [9.17, 15) is 0 Å². The van der Waals surface area contributed by atoms with Crippen molar-refractivity contribution in [3.8, 4) is 5.75 Å². The molecule has 0 radical (unpaired) electrons. The van der Waals surface area contributed by atoms with Crippen molar-refractivity contribution < 1.29 is 4.74 Å². The summed E-state index contributed by atoms with van der Waals surface area (Å²) in [5.41, 5.74) is 3.21. The molecule has 0 aliphatic heterocycles. The quantitative estimate of drug-likeness (QED) is 0.700. The van der Waals surface area contributed by atoms with Crippen LogP contribution >= 0.6 is 27.7 Å². The van der Waals surface area contributed by atoms with E-state index in [-0.39, 0.29) is 6.04 Å². The van der Waals surface area contributed by atoms with E-state index in [1.54, 1.807) is 7.11 Å². The highest BCUT2D eigenvalue weighted by atomic mass is 79.9. The number of halogens is 1. The van der Waals surface area contributed by atoms with Gasteiger partial charge < -0.3 is 15.0 Å². The number of ether oxygens (including phenoxy) is 1. The predicted octanol–water partition coefficient (Wildman–Crippen LogP) is 4.11. The number of aromatic amines is 1. The SMILES string of the molecule is CN[C@H](CSC)c1nccc2c1[nH]c1ccc(OC)c(Br)c12. The van der Waals surface area contributed by atoms with Crippen LogP contribution < -0.4 is 10.1 Å². The number of aromatic nitrogens is 2. The Bertz CT molecular complexity index is 818. The normalized spacial score (nSPS) is 12.9. The molecule has 0 bridgehead atoms. The highest BCUT2D eigenvalue weighted by Gasteiger charge is 2.18. The van der Waals surface area contributed by atoms with E-state index in [1.807, 2.05) is 43.2 Å². The van der Waals surface area contributed by atoms with Crippen molar-refractivity contribution in [1.29, 1.82) is 0 Å². The van der Waals surface area contributed by atoms with Gasteiger partial charge in [0, 0.05) is 28.2 Å². The Morgan fingerprint density at radius 1 is 1.41 bits per heavy atom. The second kappa shape index (κ2) is 6.48. The summed E-state index contributed by atoms with van der Waals surface area (Å²) in [6, 6.07) is 6.28. The summed E-state index contributed by atoms with van der Waals surface area (Å²) in [4.78, 5) is 8.13. The van der Waals surface area contributed by atoms with Crippen LogP contribution in [-0.4, -0.2) is 36.1 Å². The first kappa shape index (κ1) is 15.6. The second-order valence-corrected chi connectivity index (χ2v) is 6.75. The average molecular weight is 380 g/mol. The standard InChI is InChI=1S/C16H18BrN3OS/c1-18-11(8-22-3)16-15-9(6-7-19-16)13-10(20-15)4-5-12(21-2)14(13)17/h4-7,11,18,20H,8H2,1-3H3/t11-/m1/s1. The number of hydrogen-bond donors (Lipinski definition) is 2. The van der Waals surface area contributed by atoms with Crippen LogP contribution in [0.2, 0.25) is 0 Å². The topological polar surface area (TPSA) is 49.9 Å². The van der Waals surface area contributed by atoms with E-state index < -0.39 is 0 Å². The van der Waals surface area contributed by atoms with Crippen molar-refractivity contribution in [1.82, 2.24) is 15.3 Å². The first-order valence-electron chi connectivity index (χ1n) is 7.00. The molecular formula is C16H18BrN3OS. The highest BCUT2D eigenvalue weighted by Crippen LogP contribution is 2.38. The summed E-state index contributed by atoms with van der Waals surface area (Å²) in [5, 5.41) is 5.65. The van der Waals surface area contributed by atoms with Crippen LogP contribution in [-0.2, 0) is 0 Å². The molecular weight excluding hydrogens is 362 g/mol. The number of H-pyrrole nitrogens is 1. The number of nitrogens with one attached hydrogen (secondary N) is 2. The van der Waals surface area contributed by atoms with E-state index in [0.717, 1.165) is 43.5 Å². The molecule has 0 spiro atoms. The molecule has 0 amide bonds. The molecule has 4 nitrogen and oxygen atoms in total. The molecule has 3 aromatic rings. The Hall–Kier alpha value is -1.24. The molecule has 3 rings (SSSR count). The lowest BCUT2D eigenvalue weighted by molar-refractivity contribution is 0.413. The summed E-state index contributed by atoms with van der Waals surface area (Å²) in [7, 11) is 3.66. The molecule has 0 saturated carbocycles. The zero-order valence-corrected chi connectivity index (χ0v) is 15.1. The van der Waals surface area contributed by atoms with Crippen LogP contribution in [0.1, 0.15) is 11.7 Å². The first-order chi connectivity index (χ1) is 10.7. The van der Waals surface area contributed by atoms with Gasteiger partial charge in [0.25, 0.3) is 0 Å². The van der Waals surface area contributed by atoms with E-state index >= 15 is 0 Å². The minimum Gasteiger partial charge on any atom is -0.496 e. The van der Waals surface area contributed by atoms with E-state index in [2.05, 4.69) is 37.5 Å². The number of nitrogens with zero attached hydrogens (tertiary/aromatic N) is 1. The van der Waals surface area contributed by atoms with Gasteiger partial charge in [-0.1, -0.05) is 0 Å². The number of methoxy groups -OCH3 is 1. The molecule has 22 heavy (non-hydrogen) atoms. The molecule has 2 heterocycles. The van der Waals surface area contributed by atoms with Gasteiger partial charge in [-0.3, -0.25) is 4.98 Å². The summed E-state index contributed by atoms with van der Waals surface area (Å²) in [5.74, 6) is 1.81. The Morgan fingerprint density at radius 3 is 2.91 bits per heavy atom. The van der Waals surface area contributed by atoms with Crippen LogP contribution in [0.5, 0.6) is 5.75 Å². The molecule has 2 N–H and O–H groups in total. The summed E-state index contributed by atoms with van der Waals surface area (Å²) in [6.07, 6.45) is 3.98. The van der Waals surface area contributed by atoms with E-state index in [1.165, 1.54) is 0 Å². The van der Waals surface area contributed by atoms with Gasteiger partial charge in [0.15, 0.2) is 0 Å². The summed E-state index contributed by atoms with van der Waals surface area (Å²) >= 11 is 5.47. The van der Waals surface area contributed by atoms with Crippen LogP contribution in [0, 0.1) is 0 Å². The zero-order chi connectivity index (χ0) is 15.7.